The molecule has 2 nitrogen and oxygen atoms in total. The molecule has 94 valence electrons. The fraction of sp³-hybridized carbons (Fsp3) is 0.750. The van der Waals surface area contributed by atoms with E-state index in [0.717, 1.165) is 6.42 Å². The zero-order valence-corrected chi connectivity index (χ0v) is 12.4. The third-order valence-electron chi connectivity index (χ3n) is 2.08. The maximum atomic E-state index is 11.5. The number of thioether (sulfide) groups is 2. The molecule has 0 aromatic rings. The van der Waals surface area contributed by atoms with Crippen molar-refractivity contribution in [3.05, 3.63) is 12.2 Å². The van der Waals surface area contributed by atoms with E-state index in [1.54, 1.807) is 30.8 Å². The van der Waals surface area contributed by atoms with Gasteiger partial charge in [-0.3, -0.25) is 4.79 Å². The summed E-state index contributed by atoms with van der Waals surface area (Å²) in [6.07, 6.45) is 11.3. The van der Waals surface area contributed by atoms with Crippen molar-refractivity contribution >= 4 is 28.8 Å². The topological polar surface area (TPSA) is 20.3 Å². The molecule has 0 heterocycles. The van der Waals surface area contributed by atoms with Crippen LogP contribution in [0, 0.1) is 0 Å². The highest BCUT2D eigenvalue weighted by molar-refractivity contribution is 8.24. The first kappa shape index (κ1) is 15.9. The molecular formula is C12H23NOS2. The minimum atomic E-state index is 0.123. The Morgan fingerprint density at radius 3 is 2.56 bits per heavy atom. The number of amides is 1. The lowest BCUT2D eigenvalue weighted by Gasteiger charge is -2.13. The molecule has 1 unspecified atom stereocenters. The fourth-order valence-corrected chi connectivity index (χ4v) is 2.59. The normalized spacial score (nSPS) is 13.0. The molecule has 16 heavy (non-hydrogen) atoms. The van der Waals surface area contributed by atoms with Gasteiger partial charge in [0.25, 0.3) is 5.24 Å². The van der Waals surface area contributed by atoms with Crippen LogP contribution in [0.15, 0.2) is 12.2 Å². The quantitative estimate of drug-likeness (QED) is 0.389. The molecule has 0 aromatic carbocycles. The zero-order chi connectivity index (χ0) is 12.4. The third kappa shape index (κ3) is 8.11. The van der Waals surface area contributed by atoms with Crippen molar-refractivity contribution in [1.29, 1.82) is 0 Å². The number of allylic oxidation sites excluding steroid dienone is 1. The molecule has 0 fully saturated rings. The highest BCUT2D eigenvalue weighted by Crippen LogP contribution is 2.24. The summed E-state index contributed by atoms with van der Waals surface area (Å²) >= 11 is 3.09. The Balaban J connectivity index is 3.86. The number of rotatable bonds is 7. The fourth-order valence-electron chi connectivity index (χ4n) is 1.09. The average Bonchev–Trinajstić information content (AvgIpc) is 2.26. The summed E-state index contributed by atoms with van der Waals surface area (Å²) in [5.41, 5.74) is 0. The van der Waals surface area contributed by atoms with E-state index in [-0.39, 0.29) is 9.82 Å². The van der Waals surface area contributed by atoms with Gasteiger partial charge in [-0.2, -0.15) is 0 Å². The molecule has 0 N–H and O–H groups in total. The summed E-state index contributed by atoms with van der Waals surface area (Å²) in [5, 5.41) is 0.123. The van der Waals surface area contributed by atoms with E-state index >= 15 is 0 Å². The molecule has 0 aliphatic heterocycles. The predicted octanol–water partition coefficient (Wildman–Crippen LogP) is 4.23. The van der Waals surface area contributed by atoms with Gasteiger partial charge in [0.1, 0.15) is 0 Å². The van der Waals surface area contributed by atoms with E-state index in [2.05, 4.69) is 19.1 Å². The molecule has 1 atom stereocenters. The van der Waals surface area contributed by atoms with Crippen molar-refractivity contribution in [2.45, 2.75) is 37.2 Å². The third-order valence-corrected chi connectivity index (χ3v) is 4.53. The highest BCUT2D eigenvalue weighted by Gasteiger charge is 2.11. The largest absolute Gasteiger partial charge is 0.340 e. The number of hydrogen-bond acceptors (Lipinski definition) is 3. The molecule has 0 bridgehead atoms. The van der Waals surface area contributed by atoms with Crippen molar-refractivity contribution in [2.24, 2.45) is 0 Å². The van der Waals surface area contributed by atoms with Gasteiger partial charge < -0.3 is 4.90 Å². The van der Waals surface area contributed by atoms with Crippen LogP contribution in [0.1, 0.15) is 32.6 Å². The van der Waals surface area contributed by atoms with E-state index in [0.29, 0.717) is 0 Å². The van der Waals surface area contributed by atoms with Crippen LogP contribution in [0.4, 0.5) is 4.79 Å². The van der Waals surface area contributed by atoms with Crippen LogP contribution in [0.3, 0.4) is 0 Å². The summed E-state index contributed by atoms with van der Waals surface area (Å²) in [5.74, 6) is 0. The summed E-state index contributed by atoms with van der Waals surface area (Å²) in [7, 11) is 3.58. The molecular weight excluding hydrogens is 238 g/mol. The summed E-state index contributed by atoms with van der Waals surface area (Å²) in [6, 6.07) is 0. The lowest BCUT2D eigenvalue weighted by molar-refractivity contribution is 0.241. The van der Waals surface area contributed by atoms with E-state index in [4.69, 9.17) is 0 Å². The van der Waals surface area contributed by atoms with E-state index in [9.17, 15) is 4.79 Å². The highest BCUT2D eigenvalue weighted by atomic mass is 32.2. The van der Waals surface area contributed by atoms with Crippen LogP contribution >= 0.6 is 23.5 Å². The first-order chi connectivity index (χ1) is 7.61. The van der Waals surface area contributed by atoms with E-state index in [1.807, 2.05) is 6.26 Å². The molecule has 0 aliphatic carbocycles. The maximum Gasteiger partial charge on any atom is 0.282 e. The molecule has 0 saturated carbocycles. The minimum Gasteiger partial charge on any atom is -0.340 e. The second kappa shape index (κ2) is 10.1. The van der Waals surface area contributed by atoms with Crippen LogP contribution in [0.25, 0.3) is 0 Å². The van der Waals surface area contributed by atoms with Crippen molar-refractivity contribution < 1.29 is 4.79 Å². The second-order valence-electron chi connectivity index (χ2n) is 3.81. The van der Waals surface area contributed by atoms with Crippen LogP contribution in [-0.2, 0) is 0 Å². The molecule has 1 amide bonds. The van der Waals surface area contributed by atoms with Crippen molar-refractivity contribution in [2.75, 3.05) is 20.4 Å². The first-order valence-corrected chi connectivity index (χ1v) is 7.86. The molecule has 0 aliphatic rings. The standard InChI is InChI=1S/C12H23NOS2/c1-5-6-7-8-9-10-11(15-4)16-12(14)13(2)3/h9-11H,5-8H2,1-4H3. The number of unbranched alkanes of at least 4 members (excludes halogenated alkanes) is 3. The second-order valence-corrected chi connectivity index (χ2v) is 6.18. The van der Waals surface area contributed by atoms with E-state index < -0.39 is 0 Å². The van der Waals surface area contributed by atoms with Gasteiger partial charge in [-0.25, -0.2) is 0 Å². The summed E-state index contributed by atoms with van der Waals surface area (Å²) in [6.45, 7) is 2.21. The van der Waals surface area contributed by atoms with Gasteiger partial charge in [0.05, 0.1) is 4.58 Å². The van der Waals surface area contributed by atoms with Gasteiger partial charge in [-0.1, -0.05) is 31.9 Å². The molecule has 0 saturated heterocycles. The van der Waals surface area contributed by atoms with Gasteiger partial charge >= 0.3 is 0 Å². The van der Waals surface area contributed by atoms with Gasteiger partial charge in [0.2, 0.25) is 0 Å². The molecule has 0 radical (unpaired) electrons. The Hall–Kier alpha value is -0.0900. The van der Waals surface area contributed by atoms with Crippen LogP contribution in [0.2, 0.25) is 0 Å². The monoisotopic (exact) mass is 261 g/mol. The van der Waals surface area contributed by atoms with Crippen molar-refractivity contribution in [3.63, 3.8) is 0 Å². The van der Waals surface area contributed by atoms with Crippen molar-refractivity contribution in [1.82, 2.24) is 4.90 Å². The molecule has 0 rings (SSSR count). The SMILES string of the molecule is CCCCCC=CC(SC)SC(=O)N(C)C. The number of nitrogens with zero attached hydrogens (tertiary/aromatic N) is 1. The van der Waals surface area contributed by atoms with Gasteiger partial charge in [0.15, 0.2) is 0 Å². The van der Waals surface area contributed by atoms with Gasteiger partial charge in [0, 0.05) is 14.1 Å². The van der Waals surface area contributed by atoms with Gasteiger partial charge in [-0.05, 0) is 30.9 Å². The smallest absolute Gasteiger partial charge is 0.282 e. The number of carbonyl (C=O) groups excluding carboxylic acids is 1. The molecule has 0 aromatic heterocycles. The van der Waals surface area contributed by atoms with Crippen LogP contribution in [0.5, 0.6) is 0 Å². The Morgan fingerprint density at radius 1 is 1.38 bits per heavy atom. The Bertz CT molecular complexity index is 217. The first-order valence-electron chi connectivity index (χ1n) is 5.69. The lowest BCUT2D eigenvalue weighted by atomic mass is 10.2. The Labute approximate surface area is 108 Å². The van der Waals surface area contributed by atoms with Gasteiger partial charge in [-0.15, -0.1) is 11.8 Å². The molecule has 0 spiro atoms. The molecule has 4 heteroatoms. The Kier molecular flexibility index (Phi) is 10.0. The zero-order valence-electron chi connectivity index (χ0n) is 10.7. The van der Waals surface area contributed by atoms with Crippen LogP contribution in [-0.4, -0.2) is 35.1 Å². The van der Waals surface area contributed by atoms with Crippen LogP contribution < -0.4 is 0 Å². The van der Waals surface area contributed by atoms with Crippen molar-refractivity contribution in [3.8, 4) is 0 Å². The van der Waals surface area contributed by atoms with E-state index in [1.165, 1.54) is 31.0 Å². The lowest BCUT2D eigenvalue weighted by Crippen LogP contribution is -2.18. The Morgan fingerprint density at radius 2 is 2.06 bits per heavy atom. The maximum absolute atomic E-state index is 11.5. The summed E-state index contributed by atoms with van der Waals surface area (Å²) < 4.78 is 0.247. The average molecular weight is 261 g/mol. The number of hydrogen-bond donors (Lipinski definition) is 0. The minimum absolute atomic E-state index is 0.123. The summed E-state index contributed by atoms with van der Waals surface area (Å²) in [4.78, 5) is 13.1. The number of carbonyl (C=O) groups is 1. The predicted molar refractivity (Wildman–Crippen MR) is 77.3 cm³/mol.